The van der Waals surface area contributed by atoms with Crippen LogP contribution in [0.25, 0.3) is 11.0 Å². The number of fused-ring (bicyclic) bond motifs is 1. The predicted molar refractivity (Wildman–Crippen MR) is 143 cm³/mol. The van der Waals surface area contributed by atoms with Gasteiger partial charge in [0.15, 0.2) is 12.2 Å². The smallest absolute Gasteiger partial charge is 0.453 e. The summed E-state index contributed by atoms with van der Waals surface area (Å²) in [6, 6.07) is 8.53. The summed E-state index contributed by atoms with van der Waals surface area (Å²) >= 11 is 0. The second-order valence-electron chi connectivity index (χ2n) is 9.69. The number of likely N-dealkylation sites (tertiary alicyclic amines) is 1. The minimum atomic E-state index is -4.99. The Morgan fingerprint density at radius 2 is 1.60 bits per heavy atom. The normalized spacial score (nSPS) is 17.0. The van der Waals surface area contributed by atoms with Crippen LogP contribution in [0.1, 0.15) is 37.5 Å². The van der Waals surface area contributed by atoms with Crippen molar-refractivity contribution in [2.24, 2.45) is 0 Å². The number of benzene rings is 2. The third-order valence-electron chi connectivity index (χ3n) is 6.74. The number of aliphatic carboxylic acids is 2. The zero-order valence-corrected chi connectivity index (χ0v) is 23.0. The second-order valence-corrected chi connectivity index (χ2v) is 9.69. The zero-order chi connectivity index (χ0) is 32.1. The number of carbonyl (C=O) groups is 2. The Morgan fingerprint density at radius 3 is 2.12 bits per heavy atom. The molecule has 2 aromatic carbocycles. The molecule has 0 aliphatic carbocycles. The average molecular weight is 614 g/mol. The molecule has 0 radical (unpaired) electrons. The number of phenols is 1. The summed E-state index contributed by atoms with van der Waals surface area (Å²) in [7, 11) is 1.45. The minimum Gasteiger partial charge on any atom is -0.507 e. The summed E-state index contributed by atoms with van der Waals surface area (Å²) in [5, 5.41) is 42.9. The van der Waals surface area contributed by atoms with E-state index in [9.17, 15) is 32.7 Å². The van der Waals surface area contributed by atoms with Gasteiger partial charge in [0.1, 0.15) is 22.8 Å². The minimum absolute atomic E-state index is 0.0223. The molecular weight excluding hydrogens is 583 g/mol. The van der Waals surface area contributed by atoms with Crippen molar-refractivity contribution in [3.63, 3.8) is 0 Å². The SMILES string of the molecule is COc1ccc(Oc2c(C(F)(F)F)oc3c(CN4CCCCC4C)c(O)ccc3c2=O)cc1.O=C(O)C(O)C(O)C(=O)O. The number of aromatic hydroxyl groups is 1. The first-order valence-corrected chi connectivity index (χ1v) is 12.9. The van der Waals surface area contributed by atoms with Gasteiger partial charge in [0.25, 0.3) is 5.76 Å². The standard InChI is InChI=1S/C24H24F3NO5.C4H6O6/c1-14-5-3-4-12-28(14)13-18-19(29)11-10-17-20(30)22(23(24(25,26)27)33-21(17)18)32-16-8-6-15(31-2)7-9-16;5-1(3(7)8)2(6)4(9)10/h6-11,14,29H,3-5,12-13H2,1-2H3;1-2,5-6H,(H,7,8)(H,9,10). The molecule has 15 heteroatoms. The van der Waals surface area contributed by atoms with Gasteiger partial charge >= 0.3 is 18.1 Å². The molecular formula is C28H30F3NO11. The molecule has 1 aromatic heterocycles. The maximum Gasteiger partial charge on any atom is 0.453 e. The van der Waals surface area contributed by atoms with Gasteiger partial charge in [0, 0.05) is 12.6 Å². The lowest BCUT2D eigenvalue weighted by atomic mass is 10.0. The van der Waals surface area contributed by atoms with Crippen molar-refractivity contribution in [1.29, 1.82) is 0 Å². The molecule has 5 N–H and O–H groups in total. The van der Waals surface area contributed by atoms with Crippen molar-refractivity contribution < 1.29 is 62.2 Å². The van der Waals surface area contributed by atoms with Crippen LogP contribution >= 0.6 is 0 Å². The van der Waals surface area contributed by atoms with Crippen molar-refractivity contribution in [3.8, 4) is 23.0 Å². The monoisotopic (exact) mass is 613 g/mol. The van der Waals surface area contributed by atoms with Gasteiger partial charge in [0.05, 0.1) is 18.1 Å². The van der Waals surface area contributed by atoms with E-state index in [0.29, 0.717) is 5.75 Å². The zero-order valence-electron chi connectivity index (χ0n) is 23.0. The number of hydrogen-bond acceptors (Lipinski definition) is 10. The highest BCUT2D eigenvalue weighted by Gasteiger charge is 2.41. The number of hydrogen-bond donors (Lipinski definition) is 5. The van der Waals surface area contributed by atoms with Crippen molar-refractivity contribution in [2.45, 2.75) is 57.2 Å². The first kappa shape index (κ1) is 33.2. The van der Waals surface area contributed by atoms with Crippen LogP contribution in [-0.2, 0) is 22.3 Å². The average Bonchev–Trinajstić information content (AvgIpc) is 2.96. The topological polar surface area (TPSA) is 187 Å². The maximum atomic E-state index is 13.9. The third kappa shape index (κ3) is 7.94. The second kappa shape index (κ2) is 13.8. The Hall–Kier alpha value is -4.34. The van der Waals surface area contributed by atoms with Crippen molar-refractivity contribution in [2.75, 3.05) is 13.7 Å². The highest BCUT2D eigenvalue weighted by atomic mass is 19.4. The molecule has 3 unspecified atom stereocenters. The fourth-order valence-electron chi connectivity index (χ4n) is 4.35. The first-order chi connectivity index (χ1) is 20.1. The van der Waals surface area contributed by atoms with Gasteiger partial charge in [0.2, 0.25) is 11.2 Å². The molecule has 1 fully saturated rings. The number of carboxylic acids is 2. The van der Waals surface area contributed by atoms with E-state index in [0.717, 1.165) is 25.8 Å². The number of carboxylic acid groups (broad SMARTS) is 2. The largest absolute Gasteiger partial charge is 0.507 e. The highest BCUT2D eigenvalue weighted by molar-refractivity contribution is 5.84. The van der Waals surface area contributed by atoms with Crippen LogP contribution in [0.3, 0.4) is 0 Å². The van der Waals surface area contributed by atoms with E-state index in [1.807, 2.05) is 6.92 Å². The molecule has 3 aromatic rings. The Kier molecular flexibility index (Phi) is 10.6. The predicted octanol–water partition coefficient (Wildman–Crippen LogP) is 3.57. The molecule has 0 spiro atoms. The van der Waals surface area contributed by atoms with E-state index in [2.05, 4.69) is 4.90 Å². The molecule has 0 amide bonds. The van der Waals surface area contributed by atoms with E-state index in [1.54, 1.807) is 0 Å². The van der Waals surface area contributed by atoms with Crippen LogP contribution < -0.4 is 14.9 Å². The number of alkyl halides is 3. The number of piperidine rings is 1. The van der Waals surface area contributed by atoms with Crippen LogP contribution in [-0.4, -0.2) is 74.3 Å². The van der Waals surface area contributed by atoms with E-state index < -0.39 is 47.3 Å². The summed E-state index contributed by atoms with van der Waals surface area (Å²) in [5.74, 6) is -5.76. The molecule has 234 valence electrons. The number of halogens is 3. The number of aliphatic hydroxyl groups excluding tert-OH is 2. The van der Waals surface area contributed by atoms with Gasteiger partial charge < -0.3 is 39.4 Å². The maximum absolute atomic E-state index is 13.9. The van der Waals surface area contributed by atoms with Gasteiger partial charge in [-0.2, -0.15) is 13.2 Å². The number of aliphatic hydroxyl groups is 2. The molecule has 1 saturated heterocycles. The van der Waals surface area contributed by atoms with Crippen LogP contribution in [0, 0.1) is 0 Å². The molecule has 3 atom stereocenters. The number of ether oxygens (including phenoxy) is 2. The highest BCUT2D eigenvalue weighted by Crippen LogP contribution is 2.40. The van der Waals surface area contributed by atoms with Crippen LogP contribution in [0.5, 0.6) is 23.0 Å². The molecule has 12 nitrogen and oxygen atoms in total. The Bertz CT molecular complexity index is 1490. The van der Waals surface area contributed by atoms with E-state index >= 15 is 0 Å². The van der Waals surface area contributed by atoms with E-state index in [4.69, 9.17) is 34.3 Å². The molecule has 0 bridgehead atoms. The lowest BCUT2D eigenvalue weighted by Crippen LogP contribution is -2.39. The summed E-state index contributed by atoms with van der Waals surface area (Å²) in [6.45, 7) is 2.94. The summed E-state index contributed by atoms with van der Waals surface area (Å²) < 4.78 is 57.4. The number of rotatable bonds is 8. The molecule has 1 aliphatic heterocycles. The summed E-state index contributed by atoms with van der Waals surface area (Å²) in [6.07, 6.45) is -6.55. The van der Waals surface area contributed by atoms with Crippen LogP contribution in [0.15, 0.2) is 45.6 Å². The molecule has 2 heterocycles. The lowest BCUT2D eigenvalue weighted by Gasteiger charge is -2.33. The van der Waals surface area contributed by atoms with E-state index in [-0.39, 0.29) is 40.6 Å². The molecule has 0 saturated carbocycles. The summed E-state index contributed by atoms with van der Waals surface area (Å²) in [4.78, 5) is 34.7. The Balaban J connectivity index is 0.000000436. The van der Waals surface area contributed by atoms with Gasteiger partial charge in [-0.3, -0.25) is 9.69 Å². The fraction of sp³-hybridized carbons (Fsp3) is 0.393. The first-order valence-electron chi connectivity index (χ1n) is 12.9. The van der Waals surface area contributed by atoms with Crippen LogP contribution in [0.2, 0.25) is 0 Å². The van der Waals surface area contributed by atoms with Crippen LogP contribution in [0.4, 0.5) is 13.2 Å². The fourth-order valence-corrected chi connectivity index (χ4v) is 4.35. The number of phenolic OH excluding ortho intramolecular Hbond substituents is 1. The molecule has 4 rings (SSSR count). The van der Waals surface area contributed by atoms with Gasteiger partial charge in [-0.1, -0.05) is 6.42 Å². The van der Waals surface area contributed by atoms with Crippen molar-refractivity contribution >= 4 is 22.9 Å². The van der Waals surface area contributed by atoms with E-state index in [1.165, 1.54) is 43.5 Å². The Morgan fingerprint density at radius 1 is 1.02 bits per heavy atom. The lowest BCUT2D eigenvalue weighted by molar-refractivity contribution is -0.165. The Labute approximate surface area is 242 Å². The van der Waals surface area contributed by atoms with Gasteiger partial charge in [-0.15, -0.1) is 0 Å². The van der Waals surface area contributed by atoms with Crippen molar-refractivity contribution in [1.82, 2.24) is 4.90 Å². The number of nitrogens with zero attached hydrogens (tertiary/aromatic N) is 1. The summed E-state index contributed by atoms with van der Waals surface area (Å²) in [5.41, 5.74) is -1.10. The van der Waals surface area contributed by atoms with Gasteiger partial charge in [-0.05, 0) is 62.7 Å². The quantitative estimate of drug-likeness (QED) is 0.249. The van der Waals surface area contributed by atoms with Crippen molar-refractivity contribution in [3.05, 3.63) is 57.9 Å². The third-order valence-corrected chi connectivity index (χ3v) is 6.74. The molecule has 43 heavy (non-hydrogen) atoms. The number of methoxy groups -OCH3 is 1. The molecule has 1 aliphatic rings. The van der Waals surface area contributed by atoms with Gasteiger partial charge in [-0.25, -0.2) is 9.59 Å².